The molecule has 1 unspecified atom stereocenters. The van der Waals surface area contributed by atoms with Crippen LogP contribution in [0.1, 0.15) is 38.5 Å². The van der Waals surface area contributed by atoms with Gasteiger partial charge in [-0.05, 0) is 43.4 Å². The monoisotopic (exact) mass is 190 g/mol. The summed E-state index contributed by atoms with van der Waals surface area (Å²) >= 11 is 0. The lowest BCUT2D eigenvalue weighted by molar-refractivity contribution is 0.206. The maximum Gasteiger partial charge on any atom is -0.0197 e. The van der Waals surface area contributed by atoms with Gasteiger partial charge >= 0.3 is 0 Å². The molecule has 0 amide bonds. The van der Waals surface area contributed by atoms with Crippen LogP contribution >= 0.6 is 0 Å². The zero-order valence-electron chi connectivity index (χ0n) is 9.17. The van der Waals surface area contributed by atoms with E-state index < -0.39 is 0 Å². The lowest BCUT2D eigenvalue weighted by atomic mass is 9.71. The van der Waals surface area contributed by atoms with Crippen molar-refractivity contribution in [2.45, 2.75) is 38.5 Å². The molecule has 0 aromatic rings. The van der Waals surface area contributed by atoms with Crippen LogP contribution in [0.3, 0.4) is 0 Å². The minimum absolute atomic E-state index is 0.456. The lowest BCUT2D eigenvalue weighted by Gasteiger charge is -2.33. The van der Waals surface area contributed by atoms with Crippen LogP contribution in [0.25, 0.3) is 0 Å². The van der Waals surface area contributed by atoms with Gasteiger partial charge in [-0.15, -0.1) is 19.7 Å². The summed E-state index contributed by atoms with van der Waals surface area (Å²) in [7, 11) is 0. The summed E-state index contributed by atoms with van der Waals surface area (Å²) in [5, 5.41) is 0. The molecule has 0 radical (unpaired) electrons. The third-order valence-electron chi connectivity index (χ3n) is 3.65. The van der Waals surface area contributed by atoms with Crippen LogP contribution in [-0.2, 0) is 0 Å². The Morgan fingerprint density at radius 3 is 2.21 bits per heavy atom. The van der Waals surface area contributed by atoms with Gasteiger partial charge in [0.25, 0.3) is 0 Å². The van der Waals surface area contributed by atoms with Gasteiger partial charge in [-0.25, -0.2) is 0 Å². The van der Waals surface area contributed by atoms with E-state index in [9.17, 15) is 0 Å². The Morgan fingerprint density at radius 2 is 1.71 bits per heavy atom. The van der Waals surface area contributed by atoms with Gasteiger partial charge in [0.05, 0.1) is 0 Å². The summed E-state index contributed by atoms with van der Waals surface area (Å²) in [5.41, 5.74) is 0.456. The van der Waals surface area contributed by atoms with E-state index in [-0.39, 0.29) is 0 Å². The fourth-order valence-corrected chi connectivity index (χ4v) is 2.98. The molecule has 1 rings (SSSR count). The van der Waals surface area contributed by atoms with E-state index in [0.29, 0.717) is 5.41 Å². The fourth-order valence-electron chi connectivity index (χ4n) is 2.98. The van der Waals surface area contributed by atoms with E-state index >= 15 is 0 Å². The van der Waals surface area contributed by atoms with Crippen molar-refractivity contribution < 1.29 is 0 Å². The first-order chi connectivity index (χ1) is 6.79. The number of hydrogen-bond acceptors (Lipinski definition) is 0. The lowest BCUT2D eigenvalue weighted by Crippen LogP contribution is -2.24. The zero-order chi connectivity index (χ0) is 10.4. The van der Waals surface area contributed by atoms with Crippen molar-refractivity contribution in [3.05, 3.63) is 38.0 Å². The molecule has 0 bridgehead atoms. The zero-order valence-corrected chi connectivity index (χ0v) is 9.17. The molecule has 1 saturated carbocycles. The van der Waals surface area contributed by atoms with Gasteiger partial charge in [0, 0.05) is 0 Å². The second kappa shape index (κ2) is 5.19. The van der Waals surface area contributed by atoms with Crippen molar-refractivity contribution in [1.82, 2.24) is 0 Å². The Hall–Kier alpha value is -0.780. The van der Waals surface area contributed by atoms with Gasteiger partial charge in [0.1, 0.15) is 0 Å². The Balaban J connectivity index is 2.75. The predicted molar refractivity (Wildman–Crippen MR) is 64.2 cm³/mol. The van der Waals surface area contributed by atoms with Crippen molar-refractivity contribution in [2.75, 3.05) is 0 Å². The molecule has 0 heteroatoms. The summed E-state index contributed by atoms with van der Waals surface area (Å²) in [6.07, 6.45) is 13.7. The third-order valence-corrected chi connectivity index (χ3v) is 3.65. The first-order valence-electron chi connectivity index (χ1n) is 5.62. The summed E-state index contributed by atoms with van der Waals surface area (Å²) in [5.74, 6) is 0.802. The molecule has 0 heterocycles. The van der Waals surface area contributed by atoms with Crippen LogP contribution in [0, 0.1) is 11.3 Å². The number of rotatable bonds is 6. The van der Waals surface area contributed by atoms with Crippen molar-refractivity contribution in [1.29, 1.82) is 0 Å². The molecule has 0 spiro atoms. The largest absolute Gasteiger partial charge is 0.103 e. The highest BCUT2D eigenvalue weighted by Crippen LogP contribution is 2.50. The average molecular weight is 190 g/mol. The minimum atomic E-state index is 0.456. The van der Waals surface area contributed by atoms with Crippen LogP contribution < -0.4 is 0 Å². The van der Waals surface area contributed by atoms with Gasteiger partial charge in [-0.2, -0.15) is 0 Å². The summed E-state index contributed by atoms with van der Waals surface area (Å²) in [4.78, 5) is 0. The van der Waals surface area contributed by atoms with E-state index in [2.05, 4.69) is 38.0 Å². The molecule has 0 nitrogen and oxygen atoms in total. The van der Waals surface area contributed by atoms with Gasteiger partial charge < -0.3 is 0 Å². The highest BCUT2D eigenvalue weighted by atomic mass is 14.4. The molecular weight excluding hydrogens is 168 g/mol. The molecular formula is C14H22. The van der Waals surface area contributed by atoms with Crippen LogP contribution in [0.4, 0.5) is 0 Å². The van der Waals surface area contributed by atoms with E-state index in [1.165, 1.54) is 19.3 Å². The molecule has 1 aliphatic rings. The molecule has 1 fully saturated rings. The quantitative estimate of drug-likeness (QED) is 0.541. The summed E-state index contributed by atoms with van der Waals surface area (Å²) in [6, 6.07) is 0. The van der Waals surface area contributed by atoms with Gasteiger partial charge in [-0.1, -0.05) is 24.6 Å². The molecule has 1 aliphatic carbocycles. The molecule has 0 N–H and O–H groups in total. The predicted octanol–water partition coefficient (Wildman–Crippen LogP) is 4.50. The van der Waals surface area contributed by atoms with Crippen LogP contribution in [0.5, 0.6) is 0 Å². The third kappa shape index (κ3) is 2.17. The molecule has 78 valence electrons. The van der Waals surface area contributed by atoms with Crippen molar-refractivity contribution >= 4 is 0 Å². The van der Waals surface area contributed by atoms with E-state index in [4.69, 9.17) is 0 Å². The summed E-state index contributed by atoms with van der Waals surface area (Å²) in [6.45, 7) is 11.6. The number of allylic oxidation sites excluding steroid dienone is 3. The van der Waals surface area contributed by atoms with Crippen LogP contribution in [0.2, 0.25) is 0 Å². The van der Waals surface area contributed by atoms with Crippen molar-refractivity contribution in [3.63, 3.8) is 0 Å². The highest BCUT2D eigenvalue weighted by molar-refractivity contribution is 5.00. The van der Waals surface area contributed by atoms with Gasteiger partial charge in [-0.3, -0.25) is 0 Å². The minimum Gasteiger partial charge on any atom is -0.103 e. The standard InChI is InChI=1S/C14H22/c1-4-8-13-9-7-12-14(13,10-5-2)11-6-3/h4-6,13H,1-3,7-12H2. The van der Waals surface area contributed by atoms with Crippen molar-refractivity contribution in [2.24, 2.45) is 11.3 Å². The molecule has 0 aliphatic heterocycles. The maximum absolute atomic E-state index is 3.89. The Morgan fingerprint density at radius 1 is 1.07 bits per heavy atom. The number of hydrogen-bond donors (Lipinski definition) is 0. The normalized spacial score (nSPS) is 24.4. The molecule has 1 atom stereocenters. The molecule has 0 aromatic heterocycles. The SMILES string of the molecule is C=CCC1CCCC1(CC=C)CC=C. The Bertz CT molecular complexity index is 202. The van der Waals surface area contributed by atoms with Crippen LogP contribution in [-0.4, -0.2) is 0 Å². The first kappa shape index (κ1) is 11.3. The average Bonchev–Trinajstić information content (AvgIpc) is 2.51. The van der Waals surface area contributed by atoms with E-state index in [0.717, 1.165) is 25.2 Å². The summed E-state index contributed by atoms with van der Waals surface area (Å²) < 4.78 is 0. The maximum atomic E-state index is 3.89. The highest BCUT2D eigenvalue weighted by Gasteiger charge is 2.39. The molecule has 0 saturated heterocycles. The first-order valence-corrected chi connectivity index (χ1v) is 5.62. The Kier molecular flexibility index (Phi) is 4.19. The van der Waals surface area contributed by atoms with Gasteiger partial charge in [0.15, 0.2) is 0 Å². The van der Waals surface area contributed by atoms with E-state index in [1.54, 1.807) is 0 Å². The fraction of sp³-hybridized carbons (Fsp3) is 0.571. The second-order valence-electron chi connectivity index (χ2n) is 4.46. The van der Waals surface area contributed by atoms with Crippen LogP contribution in [0.15, 0.2) is 38.0 Å². The molecule has 0 aromatic carbocycles. The second-order valence-corrected chi connectivity index (χ2v) is 4.46. The molecule has 14 heavy (non-hydrogen) atoms. The van der Waals surface area contributed by atoms with Gasteiger partial charge in [0.2, 0.25) is 0 Å². The topological polar surface area (TPSA) is 0 Å². The smallest absolute Gasteiger partial charge is 0.0197 e. The van der Waals surface area contributed by atoms with Crippen molar-refractivity contribution in [3.8, 4) is 0 Å². The Labute approximate surface area is 88.4 Å². The van der Waals surface area contributed by atoms with E-state index in [1.807, 2.05) is 0 Å².